The van der Waals surface area contributed by atoms with Crippen molar-refractivity contribution in [1.29, 1.82) is 0 Å². The lowest BCUT2D eigenvalue weighted by molar-refractivity contribution is 0.285. The highest BCUT2D eigenvalue weighted by Crippen LogP contribution is 2.21. The van der Waals surface area contributed by atoms with Crippen LogP contribution in [-0.2, 0) is 13.1 Å². The largest absolute Gasteiger partial charge is 0.295 e. The molecule has 1 aromatic carbocycles. The van der Waals surface area contributed by atoms with Crippen LogP contribution in [0, 0.1) is 0 Å². The highest BCUT2D eigenvalue weighted by atomic mass is 35.5. The number of benzene rings is 1. The molecule has 0 radical (unpaired) electrons. The van der Waals surface area contributed by atoms with E-state index in [9.17, 15) is 0 Å². The summed E-state index contributed by atoms with van der Waals surface area (Å²) in [6.07, 6.45) is 1.09. The second-order valence-electron chi connectivity index (χ2n) is 3.52. The SMILES string of the molecule is ClCCCN1Cc2ccccc2C1. The van der Waals surface area contributed by atoms with E-state index >= 15 is 0 Å². The average Bonchev–Trinajstić information content (AvgIpc) is 2.57. The van der Waals surface area contributed by atoms with Gasteiger partial charge in [-0.15, -0.1) is 11.6 Å². The molecule has 0 aromatic heterocycles. The molecule has 0 aliphatic carbocycles. The van der Waals surface area contributed by atoms with Crippen LogP contribution in [0.5, 0.6) is 0 Å². The molecule has 0 atom stereocenters. The predicted octanol–water partition coefficient (Wildman–Crippen LogP) is 2.63. The van der Waals surface area contributed by atoms with E-state index in [4.69, 9.17) is 11.6 Å². The molecule has 0 bridgehead atoms. The van der Waals surface area contributed by atoms with Gasteiger partial charge in [-0.1, -0.05) is 24.3 Å². The molecule has 0 spiro atoms. The number of rotatable bonds is 3. The topological polar surface area (TPSA) is 3.24 Å². The van der Waals surface area contributed by atoms with Crippen LogP contribution in [0.3, 0.4) is 0 Å². The van der Waals surface area contributed by atoms with Gasteiger partial charge < -0.3 is 0 Å². The number of hydrogen-bond acceptors (Lipinski definition) is 1. The molecule has 2 rings (SSSR count). The van der Waals surface area contributed by atoms with Gasteiger partial charge in [-0.2, -0.15) is 0 Å². The van der Waals surface area contributed by atoms with E-state index in [1.54, 1.807) is 0 Å². The van der Waals surface area contributed by atoms with Crippen LogP contribution in [0.2, 0.25) is 0 Å². The third-order valence-corrected chi connectivity index (χ3v) is 2.78. The Kier molecular flexibility index (Phi) is 2.87. The minimum atomic E-state index is 0.771. The number of hydrogen-bond donors (Lipinski definition) is 0. The lowest BCUT2D eigenvalue weighted by Crippen LogP contribution is -2.17. The first kappa shape index (κ1) is 9.04. The summed E-state index contributed by atoms with van der Waals surface area (Å²) in [5.41, 5.74) is 2.97. The molecule has 0 fully saturated rings. The molecule has 1 heterocycles. The van der Waals surface area contributed by atoms with Crippen molar-refractivity contribution in [1.82, 2.24) is 4.90 Å². The van der Waals surface area contributed by atoms with E-state index in [1.807, 2.05) is 0 Å². The molecule has 0 N–H and O–H groups in total. The first-order valence-corrected chi connectivity index (χ1v) is 5.28. The van der Waals surface area contributed by atoms with Gasteiger partial charge in [0.2, 0.25) is 0 Å². The third-order valence-electron chi connectivity index (χ3n) is 2.51. The van der Waals surface area contributed by atoms with Gasteiger partial charge in [-0.05, 0) is 24.1 Å². The minimum Gasteiger partial charge on any atom is -0.295 e. The fourth-order valence-electron chi connectivity index (χ4n) is 1.85. The van der Waals surface area contributed by atoms with Crippen molar-refractivity contribution in [2.24, 2.45) is 0 Å². The number of alkyl halides is 1. The molecule has 1 aromatic rings. The maximum Gasteiger partial charge on any atom is 0.0240 e. The average molecular weight is 196 g/mol. The van der Waals surface area contributed by atoms with E-state index in [-0.39, 0.29) is 0 Å². The number of halogens is 1. The normalized spacial score (nSPS) is 16.1. The Morgan fingerprint density at radius 3 is 2.31 bits per heavy atom. The van der Waals surface area contributed by atoms with Crippen LogP contribution in [0.1, 0.15) is 17.5 Å². The molecule has 2 heteroatoms. The van der Waals surface area contributed by atoms with Crippen molar-refractivity contribution < 1.29 is 0 Å². The summed E-state index contributed by atoms with van der Waals surface area (Å²) in [4.78, 5) is 2.45. The zero-order valence-corrected chi connectivity index (χ0v) is 8.43. The summed E-state index contributed by atoms with van der Waals surface area (Å²) < 4.78 is 0. The zero-order valence-electron chi connectivity index (χ0n) is 7.67. The maximum atomic E-state index is 5.66. The summed E-state index contributed by atoms with van der Waals surface area (Å²) >= 11 is 5.66. The van der Waals surface area contributed by atoms with Gasteiger partial charge in [0.1, 0.15) is 0 Å². The van der Waals surface area contributed by atoms with E-state index in [0.717, 1.165) is 31.9 Å². The van der Waals surface area contributed by atoms with Gasteiger partial charge >= 0.3 is 0 Å². The zero-order chi connectivity index (χ0) is 9.10. The van der Waals surface area contributed by atoms with Crippen LogP contribution >= 0.6 is 11.6 Å². The third kappa shape index (κ3) is 2.04. The van der Waals surface area contributed by atoms with Gasteiger partial charge in [0, 0.05) is 19.0 Å². The fourth-order valence-corrected chi connectivity index (χ4v) is 1.96. The summed E-state index contributed by atoms with van der Waals surface area (Å²) in [5, 5.41) is 0. The Balaban J connectivity index is 1.97. The lowest BCUT2D eigenvalue weighted by atomic mass is 10.1. The fraction of sp³-hybridized carbons (Fsp3) is 0.455. The van der Waals surface area contributed by atoms with Crippen LogP contribution in [-0.4, -0.2) is 17.3 Å². The van der Waals surface area contributed by atoms with Crippen molar-refractivity contribution in [3.8, 4) is 0 Å². The Morgan fingerprint density at radius 2 is 1.77 bits per heavy atom. The Hall–Kier alpha value is -0.530. The number of fused-ring (bicyclic) bond motifs is 1. The van der Waals surface area contributed by atoms with Crippen molar-refractivity contribution in [2.45, 2.75) is 19.5 Å². The van der Waals surface area contributed by atoms with Crippen molar-refractivity contribution in [2.75, 3.05) is 12.4 Å². The van der Waals surface area contributed by atoms with Gasteiger partial charge in [-0.25, -0.2) is 0 Å². The molecule has 70 valence electrons. The first-order valence-electron chi connectivity index (χ1n) is 4.75. The van der Waals surface area contributed by atoms with Crippen molar-refractivity contribution >= 4 is 11.6 Å². The standard InChI is InChI=1S/C11H14ClN/c12-6-3-7-13-8-10-4-1-2-5-11(10)9-13/h1-2,4-5H,3,6-9H2. The maximum absolute atomic E-state index is 5.66. The molecule has 13 heavy (non-hydrogen) atoms. The minimum absolute atomic E-state index is 0.771. The van der Waals surface area contributed by atoms with Gasteiger partial charge in [0.05, 0.1) is 0 Å². The molecule has 1 aliphatic heterocycles. The number of nitrogens with zero attached hydrogens (tertiary/aromatic N) is 1. The second-order valence-corrected chi connectivity index (χ2v) is 3.90. The monoisotopic (exact) mass is 195 g/mol. The smallest absolute Gasteiger partial charge is 0.0240 e. The summed E-state index contributed by atoms with van der Waals surface area (Å²) in [6, 6.07) is 8.67. The van der Waals surface area contributed by atoms with Crippen LogP contribution < -0.4 is 0 Å². The van der Waals surface area contributed by atoms with Gasteiger partial charge in [0.15, 0.2) is 0 Å². The Morgan fingerprint density at radius 1 is 1.15 bits per heavy atom. The van der Waals surface area contributed by atoms with Gasteiger partial charge in [-0.3, -0.25) is 4.90 Å². The molecular weight excluding hydrogens is 182 g/mol. The summed E-state index contributed by atoms with van der Waals surface area (Å²) in [5.74, 6) is 0.771. The van der Waals surface area contributed by atoms with E-state index < -0.39 is 0 Å². The first-order chi connectivity index (χ1) is 6.40. The molecule has 1 nitrogen and oxygen atoms in total. The molecule has 0 saturated heterocycles. The molecule has 0 amide bonds. The molecule has 1 aliphatic rings. The second kappa shape index (κ2) is 4.12. The van der Waals surface area contributed by atoms with Crippen LogP contribution in [0.15, 0.2) is 24.3 Å². The van der Waals surface area contributed by atoms with Crippen LogP contribution in [0.25, 0.3) is 0 Å². The van der Waals surface area contributed by atoms with E-state index in [2.05, 4.69) is 29.2 Å². The summed E-state index contributed by atoms with van der Waals surface area (Å²) in [7, 11) is 0. The van der Waals surface area contributed by atoms with Crippen molar-refractivity contribution in [3.63, 3.8) is 0 Å². The quantitative estimate of drug-likeness (QED) is 0.671. The molecule has 0 saturated carbocycles. The van der Waals surface area contributed by atoms with Crippen molar-refractivity contribution in [3.05, 3.63) is 35.4 Å². The predicted molar refractivity (Wildman–Crippen MR) is 55.9 cm³/mol. The summed E-state index contributed by atoms with van der Waals surface area (Å²) in [6.45, 7) is 3.33. The Bertz CT molecular complexity index is 260. The highest BCUT2D eigenvalue weighted by Gasteiger charge is 2.16. The molecule has 0 unspecified atom stereocenters. The highest BCUT2D eigenvalue weighted by molar-refractivity contribution is 6.17. The van der Waals surface area contributed by atoms with E-state index in [0.29, 0.717) is 0 Å². The molecular formula is C11H14ClN. The van der Waals surface area contributed by atoms with E-state index in [1.165, 1.54) is 11.1 Å². The lowest BCUT2D eigenvalue weighted by Gasteiger charge is -2.12. The van der Waals surface area contributed by atoms with Crippen LogP contribution in [0.4, 0.5) is 0 Å². The van der Waals surface area contributed by atoms with Gasteiger partial charge in [0.25, 0.3) is 0 Å². The Labute approximate surface area is 84.3 Å².